The first-order valence-electron chi connectivity index (χ1n) is 13.0. The summed E-state index contributed by atoms with van der Waals surface area (Å²) in [4.78, 5) is 39.0. The van der Waals surface area contributed by atoms with E-state index in [2.05, 4.69) is 20.3 Å². The number of benzene rings is 1. The minimum absolute atomic E-state index is 0.0681. The molecule has 2 fully saturated rings. The average molecular weight is 575 g/mol. The number of carbonyl (C=O) groups is 2. The number of primary amides is 1. The molecule has 0 bridgehead atoms. The molecule has 1 saturated heterocycles. The summed E-state index contributed by atoms with van der Waals surface area (Å²) in [6.45, 7) is 1.86. The standard InChI is InChI=1S/C27H29F3N6O3S/c1-15-11-16(13-17(12-15)34-25-32-10-7-21(35-25)27(28,29)30)20-14-33-24(40-20)26(39)8-5-18(6-9-26)36-19(23(31)38)3-2-4-22(36)37/h7,10-14,18-19,39H,2-6,8-9H2,1H3,(H2,31,38)(H,32,34,35). The molecule has 1 aliphatic heterocycles. The first-order valence-corrected chi connectivity index (χ1v) is 13.8. The van der Waals surface area contributed by atoms with Crippen LogP contribution in [0.15, 0.2) is 36.7 Å². The van der Waals surface area contributed by atoms with Crippen molar-refractivity contribution in [3.05, 3.63) is 52.9 Å². The summed E-state index contributed by atoms with van der Waals surface area (Å²) in [5.74, 6) is -0.736. The van der Waals surface area contributed by atoms with E-state index in [-0.39, 0.29) is 17.9 Å². The van der Waals surface area contributed by atoms with Gasteiger partial charge in [0, 0.05) is 30.5 Å². The predicted molar refractivity (Wildman–Crippen MR) is 142 cm³/mol. The number of aliphatic hydroxyl groups is 1. The van der Waals surface area contributed by atoms with Crippen LogP contribution in [0.25, 0.3) is 10.4 Å². The molecule has 3 aromatic rings. The quantitative estimate of drug-likeness (QED) is 0.390. The monoisotopic (exact) mass is 574 g/mol. The topological polar surface area (TPSA) is 134 Å². The summed E-state index contributed by atoms with van der Waals surface area (Å²) in [7, 11) is 0. The molecule has 3 heterocycles. The number of nitrogens with zero attached hydrogens (tertiary/aromatic N) is 4. The summed E-state index contributed by atoms with van der Waals surface area (Å²) in [5.41, 5.74) is 5.51. The Labute approximate surface area is 232 Å². The Bertz CT molecular complexity index is 1420. The fourth-order valence-electron chi connectivity index (χ4n) is 5.52. The molecule has 13 heteroatoms. The van der Waals surface area contributed by atoms with Gasteiger partial charge < -0.3 is 21.1 Å². The van der Waals surface area contributed by atoms with E-state index in [1.165, 1.54) is 11.3 Å². The Morgan fingerprint density at radius 2 is 1.95 bits per heavy atom. The molecular formula is C27H29F3N6O3S. The molecule has 40 heavy (non-hydrogen) atoms. The number of aryl methyl sites for hydroxylation is 1. The second-order valence-electron chi connectivity index (χ2n) is 10.4. The summed E-state index contributed by atoms with van der Waals surface area (Å²) >= 11 is 1.34. The van der Waals surface area contributed by atoms with Crippen molar-refractivity contribution >= 4 is 34.8 Å². The number of carbonyl (C=O) groups excluding carboxylic acids is 2. The first-order chi connectivity index (χ1) is 18.9. The van der Waals surface area contributed by atoms with Gasteiger partial charge in [-0.2, -0.15) is 13.2 Å². The molecule has 1 atom stereocenters. The maximum Gasteiger partial charge on any atom is 0.433 e. The number of aromatic nitrogens is 3. The number of hydrogen-bond acceptors (Lipinski definition) is 8. The van der Waals surface area contributed by atoms with Crippen LogP contribution in [0.5, 0.6) is 0 Å². The third kappa shape index (κ3) is 5.80. The normalized spacial score (nSPS) is 23.7. The van der Waals surface area contributed by atoms with Gasteiger partial charge in [0.15, 0.2) is 0 Å². The third-order valence-electron chi connectivity index (χ3n) is 7.46. The lowest BCUT2D eigenvalue weighted by atomic mass is 9.80. The molecule has 0 radical (unpaired) electrons. The maximum atomic E-state index is 13.0. The molecule has 2 aromatic heterocycles. The number of rotatable bonds is 6. The minimum atomic E-state index is -4.58. The molecule has 0 spiro atoms. The van der Waals surface area contributed by atoms with Crippen LogP contribution >= 0.6 is 11.3 Å². The van der Waals surface area contributed by atoms with E-state index in [9.17, 15) is 27.9 Å². The highest BCUT2D eigenvalue weighted by molar-refractivity contribution is 7.15. The number of anilines is 2. The molecule has 5 rings (SSSR count). The van der Waals surface area contributed by atoms with E-state index in [0.717, 1.165) is 28.3 Å². The molecule has 2 amide bonds. The van der Waals surface area contributed by atoms with Gasteiger partial charge >= 0.3 is 6.18 Å². The highest BCUT2D eigenvalue weighted by Gasteiger charge is 2.43. The van der Waals surface area contributed by atoms with Gasteiger partial charge in [-0.1, -0.05) is 6.07 Å². The van der Waals surface area contributed by atoms with Gasteiger partial charge in [0.05, 0.1) is 4.88 Å². The molecule has 212 valence electrons. The van der Waals surface area contributed by atoms with Crippen molar-refractivity contribution in [2.24, 2.45) is 5.73 Å². The zero-order chi connectivity index (χ0) is 28.7. The summed E-state index contributed by atoms with van der Waals surface area (Å²) in [6.07, 6.45) is 1.55. The van der Waals surface area contributed by atoms with Crippen LogP contribution in [0.2, 0.25) is 0 Å². The zero-order valence-electron chi connectivity index (χ0n) is 21.7. The number of nitrogens with one attached hydrogen (secondary N) is 1. The Kier molecular flexibility index (Phi) is 7.53. The van der Waals surface area contributed by atoms with Crippen LogP contribution in [-0.4, -0.2) is 48.9 Å². The number of hydrogen-bond donors (Lipinski definition) is 3. The Hall–Kier alpha value is -3.58. The highest BCUT2D eigenvalue weighted by Crippen LogP contribution is 2.43. The van der Waals surface area contributed by atoms with E-state index in [0.29, 0.717) is 55.6 Å². The molecular weight excluding hydrogens is 545 g/mol. The smallest absolute Gasteiger partial charge is 0.383 e. The number of alkyl halides is 3. The van der Waals surface area contributed by atoms with Crippen molar-refractivity contribution in [1.29, 1.82) is 0 Å². The third-order valence-corrected chi connectivity index (χ3v) is 8.70. The van der Waals surface area contributed by atoms with Crippen molar-refractivity contribution in [3.8, 4) is 10.4 Å². The highest BCUT2D eigenvalue weighted by atomic mass is 32.1. The number of halogens is 3. The molecule has 1 unspecified atom stereocenters. The van der Waals surface area contributed by atoms with Gasteiger partial charge in [0.1, 0.15) is 22.3 Å². The lowest BCUT2D eigenvalue weighted by Crippen LogP contribution is -2.56. The number of likely N-dealkylation sites (tertiary alicyclic amines) is 1. The number of thiazole rings is 1. The Morgan fingerprint density at radius 1 is 1.20 bits per heavy atom. The summed E-state index contributed by atoms with van der Waals surface area (Å²) < 4.78 is 39.1. The largest absolute Gasteiger partial charge is 0.433 e. The van der Waals surface area contributed by atoms with E-state index in [1.54, 1.807) is 23.2 Å². The number of piperidine rings is 1. The van der Waals surface area contributed by atoms with Gasteiger partial charge in [0.2, 0.25) is 17.8 Å². The number of amides is 2. The van der Waals surface area contributed by atoms with Crippen LogP contribution in [-0.2, 0) is 21.4 Å². The lowest BCUT2D eigenvalue weighted by molar-refractivity contribution is -0.148. The van der Waals surface area contributed by atoms with E-state index in [4.69, 9.17) is 5.73 Å². The fraction of sp³-hybridized carbons (Fsp3) is 0.444. The van der Waals surface area contributed by atoms with Crippen molar-refractivity contribution in [1.82, 2.24) is 19.9 Å². The van der Waals surface area contributed by atoms with Crippen LogP contribution < -0.4 is 11.1 Å². The van der Waals surface area contributed by atoms with E-state index in [1.807, 2.05) is 13.0 Å². The van der Waals surface area contributed by atoms with Gasteiger partial charge in [0.25, 0.3) is 0 Å². The van der Waals surface area contributed by atoms with Crippen LogP contribution in [0.4, 0.5) is 24.8 Å². The van der Waals surface area contributed by atoms with Crippen molar-refractivity contribution in [3.63, 3.8) is 0 Å². The van der Waals surface area contributed by atoms with Crippen LogP contribution in [0.3, 0.4) is 0 Å². The van der Waals surface area contributed by atoms with Crippen LogP contribution in [0, 0.1) is 6.92 Å². The molecule has 2 aliphatic rings. The number of nitrogens with two attached hydrogens (primary N) is 1. The zero-order valence-corrected chi connectivity index (χ0v) is 22.6. The van der Waals surface area contributed by atoms with Gasteiger partial charge in [-0.3, -0.25) is 9.59 Å². The Balaban J connectivity index is 1.31. The first kappa shape index (κ1) is 28.0. The lowest BCUT2D eigenvalue weighted by Gasteiger charge is -2.44. The summed E-state index contributed by atoms with van der Waals surface area (Å²) in [6, 6.07) is 5.50. The molecule has 4 N–H and O–H groups in total. The molecule has 1 aromatic carbocycles. The van der Waals surface area contributed by atoms with Crippen molar-refractivity contribution in [2.45, 2.75) is 75.7 Å². The second-order valence-corrected chi connectivity index (χ2v) is 11.4. The molecule has 1 aliphatic carbocycles. The SMILES string of the molecule is Cc1cc(Nc2nccc(C(F)(F)F)n2)cc(-c2cnc(C3(O)CCC(N4C(=O)CCCC4C(N)=O)CC3)s2)c1. The Morgan fingerprint density at radius 3 is 2.65 bits per heavy atom. The van der Waals surface area contributed by atoms with Gasteiger partial charge in [-0.25, -0.2) is 15.0 Å². The van der Waals surface area contributed by atoms with Crippen LogP contribution in [0.1, 0.15) is 61.2 Å². The molecule has 1 saturated carbocycles. The van der Waals surface area contributed by atoms with E-state index < -0.39 is 29.4 Å². The minimum Gasteiger partial charge on any atom is -0.383 e. The fourth-order valence-corrected chi connectivity index (χ4v) is 6.57. The van der Waals surface area contributed by atoms with Crippen molar-refractivity contribution in [2.75, 3.05) is 5.32 Å². The summed E-state index contributed by atoms with van der Waals surface area (Å²) in [5, 5.41) is 14.9. The van der Waals surface area contributed by atoms with E-state index >= 15 is 0 Å². The maximum absolute atomic E-state index is 13.0. The van der Waals surface area contributed by atoms with Gasteiger partial charge in [-0.05, 0) is 74.8 Å². The average Bonchev–Trinajstić information content (AvgIpc) is 3.40. The second kappa shape index (κ2) is 10.8. The predicted octanol–water partition coefficient (Wildman–Crippen LogP) is 4.67. The van der Waals surface area contributed by atoms with Gasteiger partial charge in [-0.15, -0.1) is 11.3 Å². The molecule has 9 nitrogen and oxygen atoms in total. The van der Waals surface area contributed by atoms with Crippen molar-refractivity contribution < 1.29 is 27.9 Å².